The van der Waals surface area contributed by atoms with Gasteiger partial charge < -0.3 is 4.90 Å². The predicted molar refractivity (Wildman–Crippen MR) is 113 cm³/mol. The fraction of sp³-hybridized carbons (Fsp3) is 0.182. The number of aromatic nitrogens is 5. The molecule has 3 aromatic heterocycles. The Hall–Kier alpha value is -3.74. The van der Waals surface area contributed by atoms with Crippen LogP contribution in [0.25, 0.3) is 22.3 Å². The second-order valence-corrected chi connectivity index (χ2v) is 7.13. The molecule has 0 amide bonds. The van der Waals surface area contributed by atoms with E-state index in [0.717, 1.165) is 18.7 Å². The first-order valence-corrected chi connectivity index (χ1v) is 9.59. The number of fused-ring (bicyclic) bond motifs is 1. The third-order valence-electron chi connectivity index (χ3n) is 5.32. The largest absolute Gasteiger partial charge is 0.338 e. The van der Waals surface area contributed by atoms with E-state index in [-0.39, 0.29) is 5.56 Å². The molecule has 1 aliphatic heterocycles. The van der Waals surface area contributed by atoms with Gasteiger partial charge in [-0.1, -0.05) is 24.3 Å². The van der Waals surface area contributed by atoms with Crippen molar-refractivity contribution in [2.24, 2.45) is 0 Å². The average molecular weight is 384 g/mol. The molecule has 144 valence electrons. The van der Waals surface area contributed by atoms with Gasteiger partial charge in [-0.05, 0) is 48.2 Å². The van der Waals surface area contributed by atoms with Crippen molar-refractivity contribution < 1.29 is 0 Å². The van der Waals surface area contributed by atoms with Gasteiger partial charge in [-0.2, -0.15) is 10.1 Å². The molecule has 4 heterocycles. The molecule has 1 aliphatic rings. The molecule has 29 heavy (non-hydrogen) atoms. The topological polar surface area (TPSA) is 79.7 Å². The first-order valence-electron chi connectivity index (χ1n) is 9.59. The number of H-pyrrole nitrogens is 1. The van der Waals surface area contributed by atoms with Gasteiger partial charge in [-0.3, -0.25) is 14.8 Å². The summed E-state index contributed by atoms with van der Waals surface area (Å²) in [5.41, 5.74) is 4.95. The molecule has 7 heteroatoms. The fourth-order valence-corrected chi connectivity index (χ4v) is 3.72. The Morgan fingerprint density at radius 2 is 1.97 bits per heavy atom. The third-order valence-corrected chi connectivity index (χ3v) is 5.32. The SMILES string of the molecule is Cc1ccncc1C1=CCN(c2nc3c(cnn3-c3ccccc3)c(=O)[nH]2)CC1. The van der Waals surface area contributed by atoms with Crippen molar-refractivity contribution in [3.8, 4) is 5.69 Å². The lowest BCUT2D eigenvalue weighted by atomic mass is 9.97. The van der Waals surface area contributed by atoms with Crippen LogP contribution in [0, 0.1) is 6.92 Å². The van der Waals surface area contributed by atoms with Crippen molar-refractivity contribution in [2.45, 2.75) is 13.3 Å². The van der Waals surface area contributed by atoms with E-state index in [1.807, 2.05) is 48.8 Å². The van der Waals surface area contributed by atoms with Crippen LogP contribution in [0.5, 0.6) is 0 Å². The maximum Gasteiger partial charge on any atom is 0.263 e. The van der Waals surface area contributed by atoms with E-state index >= 15 is 0 Å². The van der Waals surface area contributed by atoms with Crippen LogP contribution in [-0.4, -0.2) is 37.8 Å². The standard InChI is InChI=1S/C22H20N6O/c1-15-7-10-23-13-18(15)16-8-11-27(12-9-16)22-25-20-19(21(29)26-22)14-24-28(20)17-5-3-2-4-6-17/h2-8,10,13-14H,9,11-12H2,1H3,(H,25,26,29). The molecule has 1 aromatic carbocycles. The molecule has 0 bridgehead atoms. The molecule has 0 spiro atoms. The second kappa shape index (κ2) is 7.01. The summed E-state index contributed by atoms with van der Waals surface area (Å²) in [6, 6.07) is 11.7. The Labute approximate surface area is 167 Å². The summed E-state index contributed by atoms with van der Waals surface area (Å²) in [5, 5.41) is 4.85. The minimum atomic E-state index is -0.176. The number of hydrogen-bond donors (Lipinski definition) is 1. The number of aromatic amines is 1. The van der Waals surface area contributed by atoms with Gasteiger partial charge in [0.05, 0.1) is 11.9 Å². The van der Waals surface area contributed by atoms with Gasteiger partial charge in [-0.15, -0.1) is 0 Å². The first-order chi connectivity index (χ1) is 14.2. The van der Waals surface area contributed by atoms with E-state index in [1.165, 1.54) is 16.7 Å². The number of anilines is 1. The molecule has 0 saturated carbocycles. The molecule has 0 fully saturated rings. The first kappa shape index (κ1) is 17.4. The van der Waals surface area contributed by atoms with Gasteiger partial charge in [0, 0.05) is 25.5 Å². The van der Waals surface area contributed by atoms with Gasteiger partial charge >= 0.3 is 0 Å². The lowest BCUT2D eigenvalue weighted by molar-refractivity contribution is 0.792. The Bertz CT molecular complexity index is 1270. The Morgan fingerprint density at radius 3 is 2.72 bits per heavy atom. The Balaban J connectivity index is 1.50. The summed E-state index contributed by atoms with van der Waals surface area (Å²) in [4.78, 5) is 26.6. The van der Waals surface area contributed by atoms with Gasteiger partial charge in [0.25, 0.3) is 5.56 Å². The van der Waals surface area contributed by atoms with Crippen LogP contribution < -0.4 is 10.5 Å². The summed E-state index contributed by atoms with van der Waals surface area (Å²) in [6.07, 6.45) is 8.35. The van der Waals surface area contributed by atoms with Crippen molar-refractivity contribution in [1.82, 2.24) is 24.7 Å². The highest BCUT2D eigenvalue weighted by Crippen LogP contribution is 2.26. The van der Waals surface area contributed by atoms with Gasteiger partial charge in [0.2, 0.25) is 5.95 Å². The second-order valence-electron chi connectivity index (χ2n) is 7.13. The molecular weight excluding hydrogens is 364 g/mol. The lowest BCUT2D eigenvalue weighted by Crippen LogP contribution is -2.31. The molecule has 0 saturated heterocycles. The molecular formula is C22H20N6O. The van der Waals surface area contributed by atoms with Crippen LogP contribution in [0.2, 0.25) is 0 Å². The van der Waals surface area contributed by atoms with Crippen LogP contribution in [0.1, 0.15) is 17.5 Å². The number of aryl methyl sites for hydroxylation is 1. The van der Waals surface area contributed by atoms with Crippen molar-refractivity contribution in [2.75, 3.05) is 18.0 Å². The van der Waals surface area contributed by atoms with E-state index in [2.05, 4.69) is 33.0 Å². The Morgan fingerprint density at radius 1 is 1.10 bits per heavy atom. The van der Waals surface area contributed by atoms with Gasteiger partial charge in [0.15, 0.2) is 5.65 Å². The molecule has 0 radical (unpaired) electrons. The zero-order chi connectivity index (χ0) is 19.8. The minimum Gasteiger partial charge on any atom is -0.338 e. The molecule has 4 aromatic rings. The number of rotatable bonds is 3. The molecule has 7 nitrogen and oxygen atoms in total. The molecule has 0 aliphatic carbocycles. The van der Waals surface area contributed by atoms with Crippen molar-refractivity contribution in [3.63, 3.8) is 0 Å². The number of benzene rings is 1. The number of para-hydroxylation sites is 1. The summed E-state index contributed by atoms with van der Waals surface area (Å²) in [5.74, 6) is 0.568. The normalized spacial score (nSPS) is 14.2. The summed E-state index contributed by atoms with van der Waals surface area (Å²) < 4.78 is 1.71. The lowest BCUT2D eigenvalue weighted by Gasteiger charge is -2.27. The van der Waals surface area contributed by atoms with E-state index in [4.69, 9.17) is 4.98 Å². The van der Waals surface area contributed by atoms with E-state index < -0.39 is 0 Å². The zero-order valence-electron chi connectivity index (χ0n) is 16.0. The summed E-state index contributed by atoms with van der Waals surface area (Å²) in [7, 11) is 0. The average Bonchev–Trinajstić information content (AvgIpc) is 3.20. The highest BCUT2D eigenvalue weighted by Gasteiger charge is 2.19. The third kappa shape index (κ3) is 3.10. The maximum atomic E-state index is 12.6. The smallest absolute Gasteiger partial charge is 0.263 e. The maximum absolute atomic E-state index is 12.6. The van der Waals surface area contributed by atoms with Crippen LogP contribution in [0.3, 0.4) is 0 Å². The van der Waals surface area contributed by atoms with Crippen molar-refractivity contribution in [3.05, 3.63) is 82.5 Å². The zero-order valence-corrected chi connectivity index (χ0v) is 16.0. The monoisotopic (exact) mass is 384 g/mol. The van der Waals surface area contributed by atoms with Crippen LogP contribution >= 0.6 is 0 Å². The number of pyridine rings is 1. The van der Waals surface area contributed by atoms with Gasteiger partial charge in [0.1, 0.15) is 5.39 Å². The highest BCUT2D eigenvalue weighted by atomic mass is 16.1. The number of nitrogens with zero attached hydrogens (tertiary/aromatic N) is 5. The highest BCUT2D eigenvalue weighted by molar-refractivity contribution is 5.77. The van der Waals surface area contributed by atoms with Crippen molar-refractivity contribution in [1.29, 1.82) is 0 Å². The molecule has 0 atom stereocenters. The van der Waals surface area contributed by atoms with E-state index in [0.29, 0.717) is 23.5 Å². The van der Waals surface area contributed by atoms with Crippen molar-refractivity contribution >= 4 is 22.6 Å². The van der Waals surface area contributed by atoms with E-state index in [1.54, 1.807) is 10.9 Å². The fourth-order valence-electron chi connectivity index (χ4n) is 3.72. The van der Waals surface area contributed by atoms with Crippen LogP contribution in [0.4, 0.5) is 5.95 Å². The summed E-state index contributed by atoms with van der Waals surface area (Å²) in [6.45, 7) is 3.55. The summed E-state index contributed by atoms with van der Waals surface area (Å²) >= 11 is 0. The quantitative estimate of drug-likeness (QED) is 0.587. The van der Waals surface area contributed by atoms with Crippen LogP contribution in [-0.2, 0) is 0 Å². The number of hydrogen-bond acceptors (Lipinski definition) is 5. The number of nitrogens with one attached hydrogen (secondary N) is 1. The predicted octanol–water partition coefficient (Wildman–Crippen LogP) is 3.11. The molecule has 0 unspecified atom stereocenters. The van der Waals surface area contributed by atoms with Gasteiger partial charge in [-0.25, -0.2) is 4.68 Å². The Kier molecular flexibility index (Phi) is 4.20. The van der Waals surface area contributed by atoms with Crippen LogP contribution in [0.15, 0.2) is 65.9 Å². The minimum absolute atomic E-state index is 0.176. The molecule has 1 N–H and O–H groups in total. The van der Waals surface area contributed by atoms with E-state index in [9.17, 15) is 4.79 Å². The molecule has 5 rings (SSSR count).